The van der Waals surface area contributed by atoms with Gasteiger partial charge in [0.05, 0.1) is 12.2 Å². The van der Waals surface area contributed by atoms with Crippen molar-refractivity contribution in [2.75, 3.05) is 7.11 Å². The van der Waals surface area contributed by atoms with Crippen molar-refractivity contribution in [3.05, 3.63) is 35.9 Å². The van der Waals surface area contributed by atoms with Gasteiger partial charge in [0.15, 0.2) is 0 Å². The maximum Gasteiger partial charge on any atom is 0.407 e. The van der Waals surface area contributed by atoms with Crippen LogP contribution in [-0.2, 0) is 10.5 Å². The van der Waals surface area contributed by atoms with E-state index in [4.69, 9.17) is 0 Å². The van der Waals surface area contributed by atoms with Crippen LogP contribution < -0.4 is 5.32 Å². The summed E-state index contributed by atoms with van der Waals surface area (Å²) in [6, 6.07) is 9.03. The first kappa shape index (κ1) is 12.9. The molecular weight excluding hydrogens is 252 g/mol. The highest BCUT2D eigenvalue weighted by molar-refractivity contribution is 8.14. The van der Waals surface area contributed by atoms with E-state index in [0.717, 1.165) is 0 Å². The number of aliphatic hydroxyl groups is 1. The average Bonchev–Trinajstić information content (AvgIpc) is 2.66. The van der Waals surface area contributed by atoms with Crippen molar-refractivity contribution < 1.29 is 14.6 Å². The van der Waals surface area contributed by atoms with Gasteiger partial charge in [0, 0.05) is 5.56 Å². The molecule has 1 aliphatic rings. The van der Waals surface area contributed by atoms with Crippen LogP contribution in [0.5, 0.6) is 0 Å². The Morgan fingerprint density at radius 3 is 2.78 bits per heavy atom. The number of hydrogen-bond acceptors (Lipinski definition) is 5. The van der Waals surface area contributed by atoms with Gasteiger partial charge in [0.2, 0.25) is 5.72 Å². The Bertz CT molecular complexity index is 477. The third-order valence-electron chi connectivity index (χ3n) is 2.61. The fourth-order valence-electron chi connectivity index (χ4n) is 1.77. The molecule has 18 heavy (non-hydrogen) atoms. The molecule has 0 bridgehead atoms. The summed E-state index contributed by atoms with van der Waals surface area (Å²) in [5, 5.41) is 13.4. The van der Waals surface area contributed by atoms with Gasteiger partial charge in [-0.15, -0.1) is 0 Å². The predicted molar refractivity (Wildman–Crippen MR) is 70.4 cm³/mol. The summed E-state index contributed by atoms with van der Waals surface area (Å²) in [5.74, 6) is 0. The second-order valence-electron chi connectivity index (χ2n) is 3.86. The number of alkyl carbamates (subject to hydrolysis) is 1. The van der Waals surface area contributed by atoms with E-state index >= 15 is 0 Å². The van der Waals surface area contributed by atoms with Gasteiger partial charge in [-0.25, -0.2) is 9.79 Å². The summed E-state index contributed by atoms with van der Waals surface area (Å²) in [6.45, 7) is 1.79. The molecule has 2 atom stereocenters. The zero-order valence-electron chi connectivity index (χ0n) is 10.1. The summed E-state index contributed by atoms with van der Waals surface area (Å²) >= 11 is 1.30. The molecule has 1 aliphatic heterocycles. The highest BCUT2D eigenvalue weighted by Gasteiger charge is 2.45. The van der Waals surface area contributed by atoms with Crippen LogP contribution in [0.15, 0.2) is 35.3 Å². The van der Waals surface area contributed by atoms with Crippen molar-refractivity contribution in [2.24, 2.45) is 4.99 Å². The Hall–Kier alpha value is -1.53. The summed E-state index contributed by atoms with van der Waals surface area (Å²) < 4.78 is 4.55. The van der Waals surface area contributed by atoms with Crippen molar-refractivity contribution >= 4 is 22.9 Å². The zero-order valence-corrected chi connectivity index (χ0v) is 10.9. The predicted octanol–water partition coefficient (Wildman–Crippen LogP) is 1.68. The van der Waals surface area contributed by atoms with Gasteiger partial charge in [0.25, 0.3) is 0 Å². The van der Waals surface area contributed by atoms with E-state index in [2.05, 4.69) is 15.0 Å². The van der Waals surface area contributed by atoms with Crippen LogP contribution in [0.1, 0.15) is 12.5 Å². The minimum Gasteiger partial charge on any atom is -0.453 e. The zero-order chi connectivity index (χ0) is 13.2. The normalized spacial score (nSPS) is 26.6. The molecule has 5 nitrogen and oxygen atoms in total. The van der Waals surface area contributed by atoms with Gasteiger partial charge in [-0.05, 0) is 6.92 Å². The van der Waals surface area contributed by atoms with Crippen LogP contribution in [-0.4, -0.2) is 28.7 Å². The van der Waals surface area contributed by atoms with E-state index < -0.39 is 17.2 Å². The maximum absolute atomic E-state index is 11.3. The van der Waals surface area contributed by atoms with Crippen LogP contribution in [0.25, 0.3) is 0 Å². The highest BCUT2D eigenvalue weighted by Crippen LogP contribution is 2.39. The molecule has 0 aromatic heterocycles. The van der Waals surface area contributed by atoms with E-state index in [1.54, 1.807) is 19.1 Å². The number of amides is 1. The van der Waals surface area contributed by atoms with E-state index in [-0.39, 0.29) is 0 Å². The fourth-order valence-corrected chi connectivity index (χ4v) is 2.81. The number of aliphatic imine (C=N–C) groups is 1. The lowest BCUT2D eigenvalue weighted by molar-refractivity contribution is 0.0372. The van der Waals surface area contributed by atoms with Crippen LogP contribution in [0.2, 0.25) is 0 Å². The topological polar surface area (TPSA) is 70.9 Å². The smallest absolute Gasteiger partial charge is 0.407 e. The second kappa shape index (κ2) is 4.99. The average molecular weight is 266 g/mol. The molecule has 0 radical (unpaired) electrons. The molecule has 0 aliphatic carbocycles. The van der Waals surface area contributed by atoms with E-state index in [1.165, 1.54) is 18.9 Å². The van der Waals surface area contributed by atoms with Crippen molar-refractivity contribution in [1.29, 1.82) is 0 Å². The number of nitrogens with one attached hydrogen (secondary N) is 1. The van der Waals surface area contributed by atoms with Gasteiger partial charge >= 0.3 is 6.09 Å². The van der Waals surface area contributed by atoms with Crippen LogP contribution in [0.3, 0.4) is 0 Å². The highest BCUT2D eigenvalue weighted by atomic mass is 32.2. The molecule has 96 valence electrons. The number of carbonyl (C=O) groups is 1. The molecule has 0 saturated heterocycles. The Labute approximate surface area is 109 Å². The van der Waals surface area contributed by atoms with Crippen LogP contribution in [0.4, 0.5) is 4.79 Å². The molecule has 0 spiro atoms. The molecule has 1 aromatic rings. The number of rotatable bonds is 2. The van der Waals surface area contributed by atoms with Gasteiger partial charge in [-0.3, -0.25) is 0 Å². The lowest BCUT2D eigenvalue weighted by Gasteiger charge is -2.27. The molecular formula is C12H14N2O3S. The summed E-state index contributed by atoms with van der Waals surface area (Å²) in [5.41, 5.74) is -0.819. The third kappa shape index (κ3) is 2.34. The van der Waals surface area contributed by atoms with Crippen molar-refractivity contribution in [3.63, 3.8) is 0 Å². The van der Waals surface area contributed by atoms with Crippen LogP contribution in [0, 0.1) is 0 Å². The number of methoxy groups -OCH3 is 1. The number of ether oxygens (including phenoxy) is 1. The Morgan fingerprint density at radius 1 is 1.50 bits per heavy atom. The molecule has 2 rings (SSSR count). The second-order valence-corrected chi connectivity index (χ2v) is 5.15. The first-order valence-corrected chi connectivity index (χ1v) is 6.29. The van der Waals surface area contributed by atoms with E-state index in [1.807, 2.05) is 18.2 Å². The molecule has 0 fully saturated rings. The summed E-state index contributed by atoms with van der Waals surface area (Å²) in [6.07, 6.45) is -0.591. The van der Waals surface area contributed by atoms with E-state index in [9.17, 15) is 9.90 Å². The van der Waals surface area contributed by atoms with Gasteiger partial charge in [0.1, 0.15) is 5.37 Å². The minimum atomic E-state index is -1.45. The van der Waals surface area contributed by atoms with Crippen molar-refractivity contribution in [3.8, 4) is 0 Å². The van der Waals surface area contributed by atoms with E-state index in [0.29, 0.717) is 10.6 Å². The quantitative estimate of drug-likeness (QED) is 0.854. The molecule has 0 saturated carbocycles. The number of benzene rings is 1. The molecule has 6 heteroatoms. The first-order chi connectivity index (χ1) is 8.56. The standard InChI is InChI=1S/C12H14N2O3S/c1-8-14-12(16,9-6-4-3-5-7-9)10(18-8)13-11(15)17-2/h3-7,10,16H,1-2H3,(H,13,15)/t10-,12+/m1/s1. The van der Waals surface area contributed by atoms with Crippen LogP contribution >= 0.6 is 11.8 Å². The molecule has 1 aromatic carbocycles. The minimum absolute atomic E-state index is 0.590. The maximum atomic E-state index is 11.3. The lowest BCUT2D eigenvalue weighted by Crippen LogP contribution is -2.45. The first-order valence-electron chi connectivity index (χ1n) is 5.42. The number of thioether (sulfide) groups is 1. The van der Waals surface area contributed by atoms with Gasteiger partial charge < -0.3 is 15.2 Å². The van der Waals surface area contributed by atoms with Gasteiger partial charge in [-0.1, -0.05) is 42.1 Å². The van der Waals surface area contributed by atoms with Crippen molar-refractivity contribution in [1.82, 2.24) is 5.32 Å². The number of carbonyl (C=O) groups excluding carboxylic acids is 1. The Morgan fingerprint density at radius 2 is 2.17 bits per heavy atom. The molecule has 2 N–H and O–H groups in total. The summed E-state index contributed by atoms with van der Waals surface area (Å²) in [4.78, 5) is 15.5. The van der Waals surface area contributed by atoms with Gasteiger partial charge in [-0.2, -0.15) is 0 Å². The Balaban J connectivity index is 2.30. The fraction of sp³-hybridized carbons (Fsp3) is 0.333. The largest absolute Gasteiger partial charge is 0.453 e. The molecule has 1 heterocycles. The molecule has 0 unspecified atom stereocenters. The Kier molecular flexibility index (Phi) is 3.58. The monoisotopic (exact) mass is 266 g/mol. The van der Waals surface area contributed by atoms with Crippen molar-refractivity contribution in [2.45, 2.75) is 18.0 Å². The number of hydrogen-bond donors (Lipinski definition) is 2. The number of nitrogens with zero attached hydrogens (tertiary/aromatic N) is 1. The lowest BCUT2D eigenvalue weighted by atomic mass is 10.0. The molecule has 1 amide bonds. The third-order valence-corrected chi connectivity index (χ3v) is 3.73. The SMILES string of the molecule is COC(=O)N[C@@H]1SC(C)=N[C@]1(O)c1ccccc1. The summed E-state index contributed by atoms with van der Waals surface area (Å²) in [7, 11) is 1.28.